The largest absolute Gasteiger partial charge is 0.481 e. The number of amides is 1. The number of nitrogens with zero attached hydrogens (tertiary/aromatic N) is 1. The zero-order chi connectivity index (χ0) is 14.3. The highest BCUT2D eigenvalue weighted by Gasteiger charge is 2.29. The Morgan fingerprint density at radius 2 is 1.89 bits per heavy atom. The van der Waals surface area contributed by atoms with Gasteiger partial charge >= 0.3 is 11.9 Å². The van der Waals surface area contributed by atoms with Gasteiger partial charge in [0.15, 0.2) is 6.04 Å². The van der Waals surface area contributed by atoms with E-state index in [-0.39, 0.29) is 19.7 Å². The molecule has 2 atom stereocenters. The first-order valence-corrected chi connectivity index (χ1v) is 5.78. The Bertz CT molecular complexity index is 319. The number of nitrogens with two attached hydrogens (primary N) is 1. The van der Waals surface area contributed by atoms with E-state index in [0.717, 1.165) is 0 Å². The fraction of sp³-hybridized carbons (Fsp3) is 0.727. The van der Waals surface area contributed by atoms with Crippen molar-refractivity contribution < 1.29 is 24.2 Å². The predicted octanol–water partition coefficient (Wildman–Crippen LogP) is -0.554. The zero-order valence-corrected chi connectivity index (χ0v) is 10.9. The lowest BCUT2D eigenvalue weighted by Gasteiger charge is -2.25. The fourth-order valence-electron chi connectivity index (χ4n) is 1.31. The van der Waals surface area contributed by atoms with Crippen molar-refractivity contribution in [1.82, 2.24) is 4.90 Å². The molecule has 0 aromatic carbocycles. The molecule has 0 heterocycles. The zero-order valence-electron chi connectivity index (χ0n) is 10.9. The van der Waals surface area contributed by atoms with Crippen LogP contribution in [0.5, 0.6) is 0 Å². The Kier molecular flexibility index (Phi) is 6.96. The Balaban J connectivity index is 4.60. The maximum Gasteiger partial charge on any atom is 0.332 e. The molecule has 0 saturated carbocycles. The second kappa shape index (κ2) is 7.65. The molecule has 0 radical (unpaired) electrons. The molecule has 0 bridgehead atoms. The van der Waals surface area contributed by atoms with E-state index in [2.05, 4.69) is 4.74 Å². The molecule has 0 rings (SSSR count). The smallest absolute Gasteiger partial charge is 0.332 e. The van der Waals surface area contributed by atoms with Gasteiger partial charge in [0.05, 0.1) is 12.5 Å². The number of carbonyl (C=O) groups is 3. The van der Waals surface area contributed by atoms with Gasteiger partial charge in [0, 0.05) is 13.1 Å². The molecular formula is C11H20N2O5. The molecular weight excluding hydrogens is 240 g/mol. The number of hydrogen-bond acceptors (Lipinski definition) is 5. The molecule has 0 spiro atoms. The molecule has 7 heteroatoms. The molecule has 18 heavy (non-hydrogen) atoms. The molecule has 0 aliphatic carbocycles. The van der Waals surface area contributed by atoms with Crippen molar-refractivity contribution in [1.29, 1.82) is 0 Å². The highest BCUT2D eigenvalue weighted by molar-refractivity contribution is 6.01. The minimum atomic E-state index is -1.40. The van der Waals surface area contributed by atoms with E-state index in [1.54, 1.807) is 13.8 Å². The lowest BCUT2D eigenvalue weighted by Crippen LogP contribution is -2.50. The summed E-state index contributed by atoms with van der Waals surface area (Å²) in [5.41, 5.74) is 5.46. The van der Waals surface area contributed by atoms with Gasteiger partial charge in [-0.1, -0.05) is 6.92 Å². The molecule has 7 nitrogen and oxygen atoms in total. The Labute approximate surface area is 106 Å². The van der Waals surface area contributed by atoms with Gasteiger partial charge in [0.1, 0.15) is 0 Å². The number of carboxylic acids is 1. The van der Waals surface area contributed by atoms with Crippen LogP contribution in [0, 0.1) is 5.92 Å². The number of aliphatic carboxylic acids is 1. The molecule has 0 fully saturated rings. The number of likely N-dealkylation sites (N-methyl/N-ethyl adjacent to an activating group) is 1. The summed E-state index contributed by atoms with van der Waals surface area (Å²) in [6.07, 6.45) is 0. The lowest BCUT2D eigenvalue weighted by molar-refractivity contribution is -0.151. The Morgan fingerprint density at radius 1 is 1.33 bits per heavy atom. The van der Waals surface area contributed by atoms with Crippen LogP contribution in [0.25, 0.3) is 0 Å². The first-order chi connectivity index (χ1) is 8.34. The van der Waals surface area contributed by atoms with Gasteiger partial charge in [-0.25, -0.2) is 4.79 Å². The summed E-state index contributed by atoms with van der Waals surface area (Å²) in [7, 11) is 0. The first kappa shape index (κ1) is 16.4. The summed E-state index contributed by atoms with van der Waals surface area (Å²) >= 11 is 0. The number of esters is 1. The molecule has 104 valence electrons. The minimum absolute atomic E-state index is 0.0117. The Hall–Kier alpha value is -1.63. The quantitative estimate of drug-likeness (QED) is 0.469. The molecule has 0 aliphatic heterocycles. The third kappa shape index (κ3) is 4.70. The summed E-state index contributed by atoms with van der Waals surface area (Å²) < 4.78 is 4.64. The molecule has 2 unspecified atom stereocenters. The summed E-state index contributed by atoms with van der Waals surface area (Å²) in [4.78, 5) is 35.1. The number of ether oxygens (including phenoxy) is 1. The van der Waals surface area contributed by atoms with Crippen molar-refractivity contribution in [2.75, 3.05) is 19.7 Å². The van der Waals surface area contributed by atoms with Crippen LogP contribution in [0.4, 0.5) is 0 Å². The van der Waals surface area contributed by atoms with Gasteiger partial charge in [-0.15, -0.1) is 0 Å². The van der Waals surface area contributed by atoms with Gasteiger partial charge in [-0.3, -0.25) is 9.59 Å². The van der Waals surface area contributed by atoms with Gasteiger partial charge in [0.2, 0.25) is 0 Å². The number of hydrogen-bond donors (Lipinski definition) is 2. The standard InChI is InChI=1S/C11H20N2O5/c1-4-13(6-7(3)10(15)16)9(14)8(12)11(17)18-5-2/h7-8H,4-6,12H2,1-3H3,(H,15,16). The highest BCUT2D eigenvalue weighted by Crippen LogP contribution is 2.03. The minimum Gasteiger partial charge on any atom is -0.481 e. The summed E-state index contributed by atoms with van der Waals surface area (Å²) in [6.45, 7) is 5.20. The van der Waals surface area contributed by atoms with Crippen LogP contribution < -0.4 is 5.73 Å². The van der Waals surface area contributed by atoms with Crippen molar-refractivity contribution in [3.8, 4) is 0 Å². The van der Waals surface area contributed by atoms with E-state index >= 15 is 0 Å². The van der Waals surface area contributed by atoms with Crippen LogP contribution in [0.1, 0.15) is 20.8 Å². The van der Waals surface area contributed by atoms with E-state index in [9.17, 15) is 14.4 Å². The molecule has 0 aromatic heterocycles. The SMILES string of the molecule is CCOC(=O)C(N)C(=O)N(CC)CC(C)C(=O)O. The van der Waals surface area contributed by atoms with Gasteiger partial charge in [0.25, 0.3) is 5.91 Å². The summed E-state index contributed by atoms with van der Waals surface area (Å²) in [5.74, 6) is -3.15. The van der Waals surface area contributed by atoms with Gasteiger partial charge < -0.3 is 20.5 Å². The molecule has 0 aliphatic rings. The second-order valence-electron chi connectivity index (χ2n) is 3.85. The topological polar surface area (TPSA) is 110 Å². The number of rotatable bonds is 7. The second-order valence-corrected chi connectivity index (χ2v) is 3.85. The number of carbonyl (C=O) groups excluding carboxylic acids is 2. The van der Waals surface area contributed by atoms with Crippen molar-refractivity contribution in [2.24, 2.45) is 11.7 Å². The van der Waals surface area contributed by atoms with Crippen molar-refractivity contribution in [3.63, 3.8) is 0 Å². The van der Waals surface area contributed by atoms with E-state index in [0.29, 0.717) is 0 Å². The van der Waals surface area contributed by atoms with Crippen LogP contribution in [-0.4, -0.2) is 53.6 Å². The third-order valence-electron chi connectivity index (χ3n) is 2.42. The van der Waals surface area contributed by atoms with Crippen LogP contribution >= 0.6 is 0 Å². The number of carboxylic acid groups (broad SMARTS) is 1. The average Bonchev–Trinajstić information content (AvgIpc) is 2.33. The molecule has 1 amide bonds. The van der Waals surface area contributed by atoms with E-state index in [1.165, 1.54) is 11.8 Å². The Morgan fingerprint density at radius 3 is 2.28 bits per heavy atom. The van der Waals surface area contributed by atoms with Crippen molar-refractivity contribution in [3.05, 3.63) is 0 Å². The van der Waals surface area contributed by atoms with E-state index < -0.39 is 29.8 Å². The lowest BCUT2D eigenvalue weighted by atomic mass is 10.1. The first-order valence-electron chi connectivity index (χ1n) is 5.78. The average molecular weight is 260 g/mol. The monoisotopic (exact) mass is 260 g/mol. The third-order valence-corrected chi connectivity index (χ3v) is 2.42. The van der Waals surface area contributed by atoms with Crippen LogP contribution in [0.2, 0.25) is 0 Å². The normalized spacial score (nSPS) is 13.6. The maximum atomic E-state index is 11.9. The molecule has 0 saturated heterocycles. The van der Waals surface area contributed by atoms with Crippen LogP contribution in [-0.2, 0) is 19.1 Å². The molecule has 0 aromatic rings. The summed E-state index contributed by atoms with van der Waals surface area (Å²) in [5, 5.41) is 8.78. The van der Waals surface area contributed by atoms with E-state index in [1.807, 2.05) is 0 Å². The van der Waals surface area contributed by atoms with Crippen LogP contribution in [0.15, 0.2) is 0 Å². The van der Waals surface area contributed by atoms with E-state index in [4.69, 9.17) is 10.8 Å². The maximum absolute atomic E-state index is 11.9. The highest BCUT2D eigenvalue weighted by atomic mass is 16.5. The summed E-state index contributed by atoms with van der Waals surface area (Å²) in [6, 6.07) is -1.40. The van der Waals surface area contributed by atoms with Gasteiger partial charge in [-0.2, -0.15) is 0 Å². The van der Waals surface area contributed by atoms with Crippen molar-refractivity contribution in [2.45, 2.75) is 26.8 Å². The van der Waals surface area contributed by atoms with Gasteiger partial charge in [-0.05, 0) is 13.8 Å². The fourth-order valence-corrected chi connectivity index (χ4v) is 1.31. The molecule has 3 N–H and O–H groups in total. The van der Waals surface area contributed by atoms with Crippen molar-refractivity contribution >= 4 is 17.8 Å². The predicted molar refractivity (Wildman–Crippen MR) is 63.7 cm³/mol. The van der Waals surface area contributed by atoms with Crippen LogP contribution in [0.3, 0.4) is 0 Å².